The number of rotatable bonds is 7. The first-order valence-corrected chi connectivity index (χ1v) is 13.3. The summed E-state index contributed by atoms with van der Waals surface area (Å²) < 4.78 is 0. The van der Waals surface area contributed by atoms with Gasteiger partial charge in [-0.05, 0) is 65.6 Å². The van der Waals surface area contributed by atoms with Crippen LogP contribution in [-0.2, 0) is 24.2 Å². The van der Waals surface area contributed by atoms with Crippen molar-refractivity contribution in [1.82, 2.24) is 10.2 Å². The second kappa shape index (κ2) is 11.1. The minimum atomic E-state index is -0.0930. The van der Waals surface area contributed by atoms with Crippen LogP contribution in [0.3, 0.4) is 0 Å². The van der Waals surface area contributed by atoms with E-state index in [0.717, 1.165) is 56.4 Å². The molecule has 3 aromatic carbocycles. The Morgan fingerprint density at radius 1 is 0.917 bits per heavy atom. The number of carbonyl (C=O) groups is 1. The molecule has 1 fully saturated rings. The first kappa shape index (κ1) is 24.3. The maximum atomic E-state index is 13.2. The lowest BCUT2D eigenvalue weighted by atomic mass is 9.78. The van der Waals surface area contributed by atoms with Gasteiger partial charge in [-0.2, -0.15) is 5.26 Å². The van der Waals surface area contributed by atoms with E-state index in [4.69, 9.17) is 0 Å². The molecular formula is C32H35N3O. The van der Waals surface area contributed by atoms with Crippen LogP contribution in [0.1, 0.15) is 60.8 Å². The molecule has 1 aliphatic heterocycles. The number of amides is 1. The summed E-state index contributed by atoms with van der Waals surface area (Å²) in [7, 11) is 0. The lowest BCUT2D eigenvalue weighted by molar-refractivity contribution is -0.123. The molecule has 2 aliphatic rings. The van der Waals surface area contributed by atoms with Crippen molar-refractivity contribution >= 4 is 5.91 Å². The van der Waals surface area contributed by atoms with Crippen LogP contribution in [0.15, 0.2) is 72.8 Å². The van der Waals surface area contributed by atoms with E-state index in [0.29, 0.717) is 6.42 Å². The quantitative estimate of drug-likeness (QED) is 0.452. The van der Waals surface area contributed by atoms with Crippen LogP contribution >= 0.6 is 0 Å². The lowest BCUT2D eigenvalue weighted by Gasteiger charge is -2.40. The number of hydrogen-bond acceptors (Lipinski definition) is 3. The molecule has 0 unspecified atom stereocenters. The van der Waals surface area contributed by atoms with Gasteiger partial charge in [-0.3, -0.25) is 9.69 Å². The minimum Gasteiger partial charge on any atom is -0.350 e. The topological polar surface area (TPSA) is 56.1 Å². The van der Waals surface area contributed by atoms with Crippen LogP contribution in [0.5, 0.6) is 0 Å². The summed E-state index contributed by atoms with van der Waals surface area (Å²) in [6, 6.07) is 27.1. The van der Waals surface area contributed by atoms with E-state index in [1.807, 2.05) is 30.3 Å². The number of carbonyl (C=O) groups excluding carboxylic acids is 1. The van der Waals surface area contributed by atoms with Crippen molar-refractivity contribution in [3.05, 3.63) is 95.1 Å². The molecule has 0 aromatic heterocycles. The van der Waals surface area contributed by atoms with Crippen LogP contribution in [0, 0.1) is 11.3 Å². The summed E-state index contributed by atoms with van der Waals surface area (Å²) in [6.07, 6.45) is 8.19. The zero-order valence-electron chi connectivity index (χ0n) is 21.0. The third-order valence-electron chi connectivity index (χ3n) is 7.97. The lowest BCUT2D eigenvalue weighted by Crippen LogP contribution is -2.52. The predicted octanol–water partition coefficient (Wildman–Crippen LogP) is 6.04. The minimum absolute atomic E-state index is 0.0930. The molecule has 4 nitrogen and oxygen atoms in total. The highest BCUT2D eigenvalue weighted by Crippen LogP contribution is 2.32. The summed E-state index contributed by atoms with van der Waals surface area (Å²) in [5.74, 6) is 0.136. The first-order chi connectivity index (χ1) is 17.6. The van der Waals surface area contributed by atoms with Crippen LogP contribution in [0.2, 0.25) is 0 Å². The van der Waals surface area contributed by atoms with Crippen LogP contribution < -0.4 is 5.32 Å². The average Bonchev–Trinajstić information content (AvgIpc) is 2.93. The SMILES string of the molecule is N#Cc1ccc2c(c1)CCN(CCC1(NC(=O)Cc3ccc(-c4ccccc4)cc3)CCCCC1)C2. The summed E-state index contributed by atoms with van der Waals surface area (Å²) in [6.45, 7) is 2.93. The van der Waals surface area contributed by atoms with Gasteiger partial charge in [-0.1, -0.05) is 79.9 Å². The van der Waals surface area contributed by atoms with E-state index in [2.05, 4.69) is 58.8 Å². The predicted molar refractivity (Wildman–Crippen MR) is 144 cm³/mol. The summed E-state index contributed by atoms with van der Waals surface area (Å²) in [5, 5.41) is 12.7. The Morgan fingerprint density at radius 3 is 2.42 bits per heavy atom. The second-order valence-electron chi connectivity index (χ2n) is 10.5. The highest BCUT2D eigenvalue weighted by molar-refractivity contribution is 5.79. The molecule has 1 saturated carbocycles. The number of fused-ring (bicyclic) bond motifs is 1. The van der Waals surface area contributed by atoms with Gasteiger partial charge in [0.15, 0.2) is 0 Å². The van der Waals surface area contributed by atoms with Crippen molar-refractivity contribution in [2.75, 3.05) is 13.1 Å². The number of nitriles is 1. The van der Waals surface area contributed by atoms with Gasteiger partial charge in [0.05, 0.1) is 18.1 Å². The van der Waals surface area contributed by atoms with Gasteiger partial charge < -0.3 is 5.32 Å². The smallest absolute Gasteiger partial charge is 0.224 e. The zero-order valence-corrected chi connectivity index (χ0v) is 21.0. The fourth-order valence-corrected chi connectivity index (χ4v) is 5.88. The van der Waals surface area contributed by atoms with Crippen molar-refractivity contribution in [3.8, 4) is 17.2 Å². The molecular weight excluding hydrogens is 442 g/mol. The van der Waals surface area contributed by atoms with Crippen molar-refractivity contribution in [1.29, 1.82) is 5.26 Å². The summed E-state index contributed by atoms with van der Waals surface area (Å²) >= 11 is 0. The molecule has 0 radical (unpaired) electrons. The molecule has 0 bridgehead atoms. The highest BCUT2D eigenvalue weighted by Gasteiger charge is 2.34. The molecule has 36 heavy (non-hydrogen) atoms. The van der Waals surface area contributed by atoms with Gasteiger partial charge in [-0.15, -0.1) is 0 Å². The molecule has 1 aliphatic carbocycles. The largest absolute Gasteiger partial charge is 0.350 e. The number of nitrogens with one attached hydrogen (secondary N) is 1. The van der Waals surface area contributed by atoms with E-state index >= 15 is 0 Å². The maximum absolute atomic E-state index is 13.2. The number of benzene rings is 3. The second-order valence-corrected chi connectivity index (χ2v) is 10.5. The van der Waals surface area contributed by atoms with Crippen molar-refractivity contribution < 1.29 is 4.79 Å². The van der Waals surface area contributed by atoms with Gasteiger partial charge >= 0.3 is 0 Å². The Morgan fingerprint density at radius 2 is 1.67 bits per heavy atom. The van der Waals surface area contributed by atoms with Gasteiger partial charge in [0.1, 0.15) is 0 Å². The van der Waals surface area contributed by atoms with Crippen LogP contribution in [0.4, 0.5) is 0 Å². The highest BCUT2D eigenvalue weighted by atomic mass is 16.1. The Hall–Kier alpha value is -3.42. The third-order valence-corrected chi connectivity index (χ3v) is 7.97. The third kappa shape index (κ3) is 5.86. The monoisotopic (exact) mass is 477 g/mol. The van der Waals surface area contributed by atoms with E-state index in [1.165, 1.54) is 41.5 Å². The number of hydrogen-bond donors (Lipinski definition) is 1. The molecule has 1 heterocycles. The van der Waals surface area contributed by atoms with Gasteiger partial charge in [0.25, 0.3) is 0 Å². The van der Waals surface area contributed by atoms with Gasteiger partial charge in [0.2, 0.25) is 5.91 Å². The molecule has 3 aromatic rings. The molecule has 0 spiro atoms. The Balaban J connectivity index is 1.19. The molecule has 0 saturated heterocycles. The molecule has 4 heteroatoms. The Bertz CT molecular complexity index is 1220. The average molecular weight is 478 g/mol. The first-order valence-electron chi connectivity index (χ1n) is 13.3. The molecule has 0 atom stereocenters. The molecule has 184 valence electrons. The van der Waals surface area contributed by atoms with Crippen molar-refractivity contribution in [2.24, 2.45) is 0 Å². The van der Waals surface area contributed by atoms with Crippen molar-refractivity contribution in [2.45, 2.75) is 63.5 Å². The van der Waals surface area contributed by atoms with Gasteiger partial charge in [-0.25, -0.2) is 0 Å². The van der Waals surface area contributed by atoms with E-state index < -0.39 is 0 Å². The maximum Gasteiger partial charge on any atom is 0.224 e. The Labute approximate surface area is 215 Å². The van der Waals surface area contributed by atoms with Gasteiger partial charge in [0, 0.05) is 25.2 Å². The number of nitrogens with zero attached hydrogens (tertiary/aromatic N) is 2. The zero-order chi connectivity index (χ0) is 24.8. The fourth-order valence-electron chi connectivity index (χ4n) is 5.88. The molecule has 5 rings (SSSR count). The van der Waals surface area contributed by atoms with E-state index in [-0.39, 0.29) is 11.4 Å². The fraction of sp³-hybridized carbons (Fsp3) is 0.375. The molecule has 1 amide bonds. The normalized spacial score (nSPS) is 17.1. The molecule has 1 N–H and O–H groups in total. The summed E-state index contributed by atoms with van der Waals surface area (Å²) in [5.41, 5.74) is 6.73. The van der Waals surface area contributed by atoms with Crippen molar-refractivity contribution in [3.63, 3.8) is 0 Å². The van der Waals surface area contributed by atoms with Crippen LogP contribution in [-0.4, -0.2) is 29.4 Å². The standard InChI is InChI=1S/C32H35N3O/c33-23-26-11-14-30-24-35(19-15-29(30)21-26)20-18-32(16-5-2-6-17-32)34-31(36)22-25-9-12-28(13-10-25)27-7-3-1-4-8-27/h1,3-4,7-14,21H,2,5-6,15-20,22,24H2,(H,34,36). The van der Waals surface area contributed by atoms with Crippen LogP contribution in [0.25, 0.3) is 11.1 Å². The Kier molecular flexibility index (Phi) is 7.49. The summed E-state index contributed by atoms with van der Waals surface area (Å²) in [4.78, 5) is 15.7. The van der Waals surface area contributed by atoms with E-state index in [1.54, 1.807) is 0 Å². The van der Waals surface area contributed by atoms with E-state index in [9.17, 15) is 10.1 Å².